The Labute approximate surface area is 265 Å². The number of nitrogens with zero attached hydrogens (tertiary/aromatic N) is 8. The van der Waals surface area contributed by atoms with Crippen LogP contribution in [0.4, 0.5) is 11.8 Å². The van der Waals surface area contributed by atoms with Crippen molar-refractivity contribution in [2.45, 2.75) is 50.7 Å². The second-order valence-corrected chi connectivity index (χ2v) is 12.2. The summed E-state index contributed by atoms with van der Waals surface area (Å²) >= 11 is 2.95. The van der Waals surface area contributed by atoms with Gasteiger partial charge in [-0.05, 0) is 18.6 Å². The average Bonchev–Trinajstić information content (AvgIpc) is 3.02. The number of thioether (sulfide) groups is 2. The van der Waals surface area contributed by atoms with E-state index < -0.39 is 11.9 Å². The fourth-order valence-corrected chi connectivity index (χ4v) is 5.94. The third-order valence-electron chi connectivity index (χ3n) is 6.86. The van der Waals surface area contributed by atoms with Crippen LogP contribution in [0.3, 0.4) is 0 Å². The molecule has 0 saturated carbocycles. The molecule has 2 aromatic rings. The lowest BCUT2D eigenvalue weighted by atomic mass is 10.2. The Bertz CT molecular complexity index is 1320. The van der Waals surface area contributed by atoms with Crippen LogP contribution in [0.5, 0.6) is 0 Å². The fraction of sp³-hybridized carbons (Fsp3) is 0.571. The Morgan fingerprint density at radius 2 is 1.20 bits per heavy atom. The minimum Gasteiger partial charge on any atom is -0.478 e. The average molecular weight is 649 g/mol. The molecular formula is C28H40N8O6S2. The highest BCUT2D eigenvalue weighted by molar-refractivity contribution is 7.99. The van der Waals surface area contributed by atoms with E-state index in [0.29, 0.717) is 74.3 Å². The smallest absolute Gasteiger partial charge is 0.341 e. The molecule has 0 unspecified atom stereocenters. The topological polar surface area (TPSA) is 173 Å². The summed E-state index contributed by atoms with van der Waals surface area (Å²) in [5, 5.41) is 19.6. The molecule has 2 amide bonds. The molecule has 4 heterocycles. The Morgan fingerprint density at radius 1 is 0.705 bits per heavy atom. The molecule has 2 saturated heterocycles. The molecule has 44 heavy (non-hydrogen) atoms. The Balaban J connectivity index is 0.000000240. The van der Waals surface area contributed by atoms with Gasteiger partial charge in [0.2, 0.25) is 17.8 Å². The van der Waals surface area contributed by atoms with Gasteiger partial charge in [0.05, 0.1) is 0 Å². The van der Waals surface area contributed by atoms with Crippen molar-refractivity contribution in [3.63, 3.8) is 0 Å². The quantitative estimate of drug-likeness (QED) is 0.219. The van der Waals surface area contributed by atoms with Crippen LogP contribution in [0, 0.1) is 0 Å². The predicted octanol–water partition coefficient (Wildman–Crippen LogP) is 2.69. The van der Waals surface area contributed by atoms with Crippen molar-refractivity contribution in [1.82, 2.24) is 29.7 Å². The molecule has 4 rings (SSSR count). The van der Waals surface area contributed by atoms with E-state index in [0.717, 1.165) is 24.3 Å². The van der Waals surface area contributed by atoms with Crippen molar-refractivity contribution >= 4 is 59.0 Å². The lowest BCUT2D eigenvalue weighted by molar-refractivity contribution is -0.129. The molecule has 0 atom stereocenters. The number of carbonyl (C=O) groups excluding carboxylic acids is 2. The zero-order valence-corrected chi connectivity index (χ0v) is 27.2. The standard InChI is InChI=1S/2C14H20N4O3S/c1-3-8-22-12-11(13(20)21)9-15-14(16-12)18-6-4-17(5-7-18)10(2)19;1-3-8-22-14-15-9-11(13(20)21)12(16-14)18-6-4-17(5-7-18)10(2)19/h2*9H,3-8H2,1-2H3,(H,20,21). The molecule has 2 aliphatic rings. The maximum atomic E-state index is 11.4. The van der Waals surface area contributed by atoms with Gasteiger partial charge in [-0.3, -0.25) is 9.59 Å². The first-order chi connectivity index (χ1) is 21.0. The highest BCUT2D eigenvalue weighted by Gasteiger charge is 2.25. The maximum absolute atomic E-state index is 11.4. The number of piperazine rings is 2. The molecule has 0 aromatic carbocycles. The Hall–Kier alpha value is -3.66. The van der Waals surface area contributed by atoms with E-state index in [1.807, 2.05) is 16.7 Å². The van der Waals surface area contributed by atoms with E-state index in [1.54, 1.807) is 23.6 Å². The van der Waals surface area contributed by atoms with Crippen molar-refractivity contribution in [1.29, 1.82) is 0 Å². The van der Waals surface area contributed by atoms with E-state index in [4.69, 9.17) is 0 Å². The van der Waals surface area contributed by atoms with Crippen molar-refractivity contribution in [2.75, 3.05) is 73.7 Å². The van der Waals surface area contributed by atoms with Gasteiger partial charge >= 0.3 is 11.9 Å². The van der Waals surface area contributed by atoms with Crippen LogP contribution in [0.25, 0.3) is 0 Å². The molecule has 2 aromatic heterocycles. The molecule has 16 heteroatoms. The van der Waals surface area contributed by atoms with Gasteiger partial charge in [-0.2, -0.15) is 0 Å². The van der Waals surface area contributed by atoms with Crippen LogP contribution in [0.15, 0.2) is 22.6 Å². The SMILES string of the molecule is CCCSc1nc(N2CCN(C(C)=O)CC2)ncc1C(=O)O.CCCSc1ncc(C(=O)O)c(N2CCN(C(C)=O)CC2)n1. The molecule has 0 radical (unpaired) electrons. The summed E-state index contributed by atoms with van der Waals surface area (Å²) in [6, 6.07) is 0. The van der Waals surface area contributed by atoms with Crippen molar-refractivity contribution in [2.24, 2.45) is 0 Å². The fourth-order valence-electron chi connectivity index (χ4n) is 4.43. The van der Waals surface area contributed by atoms with Crippen LogP contribution >= 0.6 is 23.5 Å². The molecule has 0 aliphatic carbocycles. The first-order valence-corrected chi connectivity index (χ1v) is 16.5. The summed E-state index contributed by atoms with van der Waals surface area (Å²) in [4.78, 5) is 69.9. The van der Waals surface area contributed by atoms with Crippen molar-refractivity contribution in [3.8, 4) is 0 Å². The number of carbonyl (C=O) groups is 4. The second-order valence-electron chi connectivity index (χ2n) is 10.1. The number of aromatic carboxylic acids is 2. The minimum absolute atomic E-state index is 0.0417. The van der Waals surface area contributed by atoms with E-state index in [-0.39, 0.29) is 22.9 Å². The largest absolute Gasteiger partial charge is 0.478 e. The summed E-state index contributed by atoms with van der Waals surface area (Å²) in [6.07, 6.45) is 4.70. The summed E-state index contributed by atoms with van der Waals surface area (Å²) in [6.45, 7) is 12.1. The number of carboxylic acid groups (broad SMARTS) is 2. The van der Waals surface area contributed by atoms with Gasteiger partial charge in [-0.25, -0.2) is 29.5 Å². The van der Waals surface area contributed by atoms with Gasteiger partial charge in [0.25, 0.3) is 0 Å². The number of anilines is 2. The van der Waals surface area contributed by atoms with Gasteiger partial charge in [-0.1, -0.05) is 25.6 Å². The van der Waals surface area contributed by atoms with Crippen molar-refractivity contribution in [3.05, 3.63) is 23.5 Å². The number of rotatable bonds is 10. The monoisotopic (exact) mass is 648 g/mol. The highest BCUT2D eigenvalue weighted by Crippen LogP contribution is 2.25. The summed E-state index contributed by atoms with van der Waals surface area (Å²) < 4.78 is 0. The molecular weight excluding hydrogens is 608 g/mol. The van der Waals surface area contributed by atoms with Crippen LogP contribution in [0.1, 0.15) is 61.3 Å². The number of amides is 2. The zero-order chi connectivity index (χ0) is 32.2. The first-order valence-electron chi connectivity index (χ1n) is 14.5. The lowest BCUT2D eigenvalue weighted by Gasteiger charge is -2.35. The number of aromatic nitrogens is 4. The summed E-state index contributed by atoms with van der Waals surface area (Å²) in [5.41, 5.74) is 0.252. The van der Waals surface area contributed by atoms with Crippen LogP contribution in [-0.4, -0.2) is 128 Å². The van der Waals surface area contributed by atoms with Gasteiger partial charge in [-0.15, -0.1) is 11.8 Å². The van der Waals surface area contributed by atoms with Gasteiger partial charge in [0, 0.05) is 84.4 Å². The van der Waals surface area contributed by atoms with Gasteiger partial charge in [0.15, 0.2) is 5.16 Å². The number of carboxylic acids is 2. The predicted molar refractivity (Wildman–Crippen MR) is 169 cm³/mol. The summed E-state index contributed by atoms with van der Waals surface area (Å²) in [5.74, 6) is 0.762. The van der Waals surface area contributed by atoms with Crippen LogP contribution in [0.2, 0.25) is 0 Å². The summed E-state index contributed by atoms with van der Waals surface area (Å²) in [7, 11) is 0. The molecule has 14 nitrogen and oxygen atoms in total. The lowest BCUT2D eigenvalue weighted by Crippen LogP contribution is -2.48. The zero-order valence-electron chi connectivity index (χ0n) is 25.6. The first kappa shape index (κ1) is 34.8. The second kappa shape index (κ2) is 17.0. The third kappa shape index (κ3) is 9.67. The van der Waals surface area contributed by atoms with E-state index >= 15 is 0 Å². The van der Waals surface area contributed by atoms with Crippen molar-refractivity contribution < 1.29 is 29.4 Å². The molecule has 0 spiro atoms. The number of hydrogen-bond acceptors (Lipinski definition) is 12. The minimum atomic E-state index is -1.03. The molecule has 2 N–H and O–H groups in total. The third-order valence-corrected chi connectivity index (χ3v) is 9.12. The van der Waals surface area contributed by atoms with Crippen LogP contribution in [-0.2, 0) is 9.59 Å². The molecule has 2 fully saturated rings. The Kier molecular flexibility index (Phi) is 13.4. The molecule has 0 bridgehead atoms. The Morgan fingerprint density at radius 3 is 1.70 bits per heavy atom. The molecule has 2 aliphatic heterocycles. The molecule has 240 valence electrons. The van der Waals surface area contributed by atoms with E-state index in [2.05, 4.69) is 26.9 Å². The maximum Gasteiger partial charge on any atom is 0.341 e. The highest BCUT2D eigenvalue weighted by atomic mass is 32.2. The van der Waals surface area contributed by atoms with Gasteiger partial charge < -0.3 is 29.8 Å². The van der Waals surface area contributed by atoms with Crippen LogP contribution < -0.4 is 9.80 Å². The normalized spacial score (nSPS) is 15.0. The van der Waals surface area contributed by atoms with E-state index in [9.17, 15) is 29.4 Å². The van der Waals surface area contributed by atoms with E-state index in [1.165, 1.54) is 35.9 Å². The number of hydrogen-bond donors (Lipinski definition) is 2. The van der Waals surface area contributed by atoms with Gasteiger partial charge in [0.1, 0.15) is 22.0 Å².